The summed E-state index contributed by atoms with van der Waals surface area (Å²) in [6.45, 7) is 3.87. The zero-order chi connectivity index (χ0) is 12.2. The largest absolute Gasteiger partial charge is 0.480 e. The van der Waals surface area contributed by atoms with Crippen molar-refractivity contribution < 1.29 is 14.7 Å². The van der Waals surface area contributed by atoms with Crippen LogP contribution in [0.5, 0.6) is 0 Å². The van der Waals surface area contributed by atoms with E-state index in [9.17, 15) is 9.59 Å². The van der Waals surface area contributed by atoms with Crippen molar-refractivity contribution >= 4 is 23.6 Å². The first-order chi connectivity index (χ1) is 7.42. The van der Waals surface area contributed by atoms with Crippen molar-refractivity contribution in [3.63, 3.8) is 0 Å². The molecule has 6 heteroatoms. The predicted molar refractivity (Wildman–Crippen MR) is 63.6 cm³/mol. The van der Waals surface area contributed by atoms with Crippen LogP contribution in [0.4, 0.5) is 0 Å². The molecule has 0 saturated carbocycles. The first-order valence-electron chi connectivity index (χ1n) is 5.27. The Morgan fingerprint density at radius 2 is 2.25 bits per heavy atom. The van der Waals surface area contributed by atoms with E-state index in [2.05, 4.69) is 10.6 Å². The van der Waals surface area contributed by atoms with Gasteiger partial charge in [-0.2, -0.15) is 11.8 Å². The molecule has 0 bridgehead atoms. The first-order valence-corrected chi connectivity index (χ1v) is 6.43. The summed E-state index contributed by atoms with van der Waals surface area (Å²) in [5.74, 6) is 0.735. The lowest BCUT2D eigenvalue weighted by atomic mass is 10.1. The molecule has 1 fully saturated rings. The second-order valence-electron chi connectivity index (χ2n) is 4.41. The highest BCUT2D eigenvalue weighted by molar-refractivity contribution is 7.99. The van der Waals surface area contributed by atoms with Crippen molar-refractivity contribution in [2.45, 2.75) is 31.8 Å². The fourth-order valence-corrected chi connectivity index (χ4v) is 2.38. The highest BCUT2D eigenvalue weighted by Gasteiger charge is 2.29. The summed E-state index contributed by atoms with van der Waals surface area (Å²) in [5.41, 5.74) is -1.20. The first kappa shape index (κ1) is 13.3. The Morgan fingerprint density at radius 3 is 2.75 bits per heavy atom. The van der Waals surface area contributed by atoms with E-state index in [-0.39, 0.29) is 11.9 Å². The number of aliphatic carboxylic acids is 1. The molecule has 0 radical (unpaired) electrons. The normalized spacial score (nSPS) is 21.5. The molecule has 1 atom stereocenters. The lowest BCUT2D eigenvalue weighted by Gasteiger charge is -2.25. The van der Waals surface area contributed by atoms with E-state index in [1.54, 1.807) is 0 Å². The van der Waals surface area contributed by atoms with Gasteiger partial charge in [0.1, 0.15) is 5.54 Å². The van der Waals surface area contributed by atoms with Gasteiger partial charge in [0.15, 0.2) is 0 Å². The van der Waals surface area contributed by atoms with E-state index in [1.165, 1.54) is 13.8 Å². The molecule has 0 aromatic carbocycles. The second-order valence-corrected chi connectivity index (χ2v) is 5.56. The van der Waals surface area contributed by atoms with Gasteiger partial charge in [0.2, 0.25) is 5.91 Å². The van der Waals surface area contributed by atoms with Crippen LogP contribution < -0.4 is 10.6 Å². The van der Waals surface area contributed by atoms with Crippen LogP contribution in [0, 0.1) is 0 Å². The number of rotatable bonds is 4. The number of hydrogen-bond donors (Lipinski definition) is 3. The molecular weight excluding hydrogens is 228 g/mol. The zero-order valence-corrected chi connectivity index (χ0v) is 10.4. The Kier molecular flexibility index (Phi) is 4.61. The molecule has 5 nitrogen and oxygen atoms in total. The van der Waals surface area contributed by atoms with Crippen molar-refractivity contribution in [1.82, 2.24) is 10.6 Å². The van der Waals surface area contributed by atoms with Crippen LogP contribution >= 0.6 is 11.8 Å². The summed E-state index contributed by atoms with van der Waals surface area (Å²) >= 11 is 1.81. The monoisotopic (exact) mass is 246 g/mol. The zero-order valence-electron chi connectivity index (χ0n) is 9.58. The van der Waals surface area contributed by atoms with E-state index in [0.717, 1.165) is 18.1 Å². The molecule has 1 aliphatic rings. The van der Waals surface area contributed by atoms with E-state index >= 15 is 0 Å². The second kappa shape index (κ2) is 5.54. The molecule has 1 aliphatic heterocycles. The molecule has 1 saturated heterocycles. The van der Waals surface area contributed by atoms with Gasteiger partial charge in [-0.15, -0.1) is 0 Å². The number of hydrogen-bond acceptors (Lipinski definition) is 4. The average Bonchev–Trinajstić information content (AvgIpc) is 2.17. The quantitative estimate of drug-likeness (QED) is 0.654. The summed E-state index contributed by atoms with van der Waals surface area (Å²) in [4.78, 5) is 22.4. The molecule has 0 spiro atoms. The van der Waals surface area contributed by atoms with E-state index in [1.807, 2.05) is 11.8 Å². The third-order valence-corrected chi connectivity index (χ3v) is 3.55. The molecule has 1 amide bonds. The van der Waals surface area contributed by atoms with Gasteiger partial charge in [0.05, 0.1) is 0 Å². The number of nitrogens with one attached hydrogen (secondary N) is 2. The summed E-state index contributed by atoms with van der Waals surface area (Å²) in [7, 11) is 0. The number of carboxylic acid groups (broad SMARTS) is 1. The van der Waals surface area contributed by atoms with Gasteiger partial charge in [0.25, 0.3) is 0 Å². The highest BCUT2D eigenvalue weighted by Crippen LogP contribution is 2.11. The van der Waals surface area contributed by atoms with Gasteiger partial charge in [0, 0.05) is 30.5 Å². The van der Waals surface area contributed by atoms with Crippen molar-refractivity contribution in [3.05, 3.63) is 0 Å². The predicted octanol–water partition coefficient (Wildman–Crippen LogP) is 0.0609. The maximum Gasteiger partial charge on any atom is 0.328 e. The maximum absolute atomic E-state index is 11.6. The Bertz CT molecular complexity index is 275. The molecular formula is C10H18N2O3S. The van der Waals surface area contributed by atoms with Gasteiger partial charge < -0.3 is 15.7 Å². The molecule has 92 valence electrons. The van der Waals surface area contributed by atoms with Gasteiger partial charge in [-0.3, -0.25) is 4.79 Å². The topological polar surface area (TPSA) is 78.4 Å². The lowest BCUT2D eigenvalue weighted by molar-refractivity contribution is -0.146. The average molecular weight is 246 g/mol. The minimum Gasteiger partial charge on any atom is -0.480 e. The van der Waals surface area contributed by atoms with Crippen LogP contribution in [0.25, 0.3) is 0 Å². The Balaban J connectivity index is 2.37. The minimum absolute atomic E-state index is 0.156. The van der Waals surface area contributed by atoms with Gasteiger partial charge >= 0.3 is 5.97 Å². The number of thioether (sulfide) groups is 1. The van der Waals surface area contributed by atoms with Crippen LogP contribution in [-0.2, 0) is 9.59 Å². The molecule has 0 aromatic rings. The smallest absolute Gasteiger partial charge is 0.328 e. The fourth-order valence-electron chi connectivity index (χ4n) is 1.43. The van der Waals surface area contributed by atoms with Crippen LogP contribution in [0.15, 0.2) is 0 Å². The van der Waals surface area contributed by atoms with Crippen LogP contribution in [0.2, 0.25) is 0 Å². The number of carbonyl (C=O) groups is 2. The van der Waals surface area contributed by atoms with Gasteiger partial charge in [-0.1, -0.05) is 0 Å². The van der Waals surface area contributed by atoms with E-state index < -0.39 is 11.5 Å². The molecule has 1 unspecified atom stereocenters. The summed E-state index contributed by atoms with van der Waals surface area (Å²) in [6, 6.07) is 0.156. The Labute approximate surface area is 99.4 Å². The molecule has 1 heterocycles. The van der Waals surface area contributed by atoms with Crippen molar-refractivity contribution in [2.75, 3.05) is 18.1 Å². The van der Waals surface area contributed by atoms with Crippen molar-refractivity contribution in [3.8, 4) is 0 Å². The highest BCUT2D eigenvalue weighted by atomic mass is 32.2. The number of amides is 1. The van der Waals surface area contributed by atoms with Crippen molar-refractivity contribution in [2.24, 2.45) is 0 Å². The Hall–Kier alpha value is -0.750. The van der Waals surface area contributed by atoms with Gasteiger partial charge in [-0.05, 0) is 13.8 Å². The molecule has 0 aliphatic carbocycles. The third kappa shape index (κ3) is 4.02. The lowest BCUT2D eigenvalue weighted by Crippen LogP contribution is -2.51. The fraction of sp³-hybridized carbons (Fsp3) is 0.800. The molecule has 1 rings (SSSR count). The van der Waals surface area contributed by atoms with E-state index in [0.29, 0.717) is 6.42 Å². The third-order valence-electron chi connectivity index (χ3n) is 2.42. The minimum atomic E-state index is -1.20. The van der Waals surface area contributed by atoms with Gasteiger partial charge in [-0.25, -0.2) is 4.79 Å². The van der Waals surface area contributed by atoms with Crippen LogP contribution in [0.1, 0.15) is 20.3 Å². The SMILES string of the molecule is CC(C)(NC(=O)CC1CSCCN1)C(=O)O. The summed E-state index contributed by atoms with van der Waals surface area (Å²) in [6.07, 6.45) is 0.337. The number of carboxylic acids is 1. The van der Waals surface area contributed by atoms with Crippen LogP contribution in [0.3, 0.4) is 0 Å². The Morgan fingerprint density at radius 1 is 1.56 bits per heavy atom. The molecule has 16 heavy (non-hydrogen) atoms. The van der Waals surface area contributed by atoms with E-state index in [4.69, 9.17) is 5.11 Å². The number of carbonyl (C=O) groups excluding carboxylic acids is 1. The summed E-state index contributed by atoms with van der Waals surface area (Å²) < 4.78 is 0. The maximum atomic E-state index is 11.6. The molecule has 0 aromatic heterocycles. The van der Waals surface area contributed by atoms with Crippen LogP contribution in [-0.4, -0.2) is 46.6 Å². The molecule has 3 N–H and O–H groups in total. The summed E-state index contributed by atoms with van der Waals surface area (Å²) in [5, 5.41) is 14.6. The van der Waals surface area contributed by atoms with Crippen molar-refractivity contribution in [1.29, 1.82) is 0 Å². The standard InChI is InChI=1S/C10H18N2O3S/c1-10(2,9(14)15)12-8(13)5-7-6-16-4-3-11-7/h7,11H,3-6H2,1-2H3,(H,12,13)(H,14,15).